The predicted molar refractivity (Wildman–Crippen MR) is 88.6 cm³/mol. The van der Waals surface area contributed by atoms with Crippen LogP contribution in [0.25, 0.3) is 0 Å². The number of aryl methyl sites for hydroxylation is 1. The third-order valence-electron chi connectivity index (χ3n) is 2.66. The fourth-order valence-electron chi connectivity index (χ4n) is 1.32. The topological polar surface area (TPSA) is 84.6 Å². The summed E-state index contributed by atoms with van der Waals surface area (Å²) in [6, 6.07) is 0. The molecule has 0 atom stereocenters. The minimum atomic E-state index is -0.235. The Morgan fingerprint density at radius 3 is 2.60 bits per heavy atom. The van der Waals surface area contributed by atoms with Crippen LogP contribution in [0, 0.1) is 6.92 Å². The molecule has 0 saturated heterocycles. The zero-order valence-electron chi connectivity index (χ0n) is 12.7. The fourth-order valence-corrected chi connectivity index (χ4v) is 1.32. The van der Waals surface area contributed by atoms with Gasteiger partial charge in [0.15, 0.2) is 11.8 Å². The van der Waals surface area contributed by atoms with Crippen molar-refractivity contribution in [3.05, 3.63) is 11.7 Å². The molecule has 0 bridgehead atoms. The van der Waals surface area contributed by atoms with Gasteiger partial charge in [0.1, 0.15) is 0 Å². The molecule has 1 heterocycles. The minimum Gasteiger partial charge on any atom is -0.377 e. The highest BCUT2D eigenvalue weighted by Crippen LogP contribution is 2.04. The highest BCUT2D eigenvalue weighted by molar-refractivity contribution is 14.0. The number of hydrogen-bond acceptors (Lipinski definition) is 5. The smallest absolute Gasteiger partial charge is 0.228 e. The molecule has 1 aromatic rings. The maximum atomic E-state index is 5.33. The second-order valence-corrected chi connectivity index (χ2v) is 4.80. The zero-order chi connectivity index (χ0) is 14.3. The van der Waals surface area contributed by atoms with Crippen LogP contribution in [-0.2, 0) is 11.2 Å². The van der Waals surface area contributed by atoms with E-state index in [2.05, 4.69) is 25.8 Å². The Balaban J connectivity index is 0.00000361. The lowest BCUT2D eigenvalue weighted by Crippen LogP contribution is -2.45. The number of aromatic nitrogens is 2. The normalized spacial score (nSPS) is 11.9. The van der Waals surface area contributed by atoms with Crippen molar-refractivity contribution in [2.45, 2.75) is 32.8 Å². The molecular formula is C12H24IN5O2. The third-order valence-corrected chi connectivity index (χ3v) is 2.66. The van der Waals surface area contributed by atoms with Crippen molar-refractivity contribution < 1.29 is 9.26 Å². The van der Waals surface area contributed by atoms with Crippen molar-refractivity contribution in [1.82, 2.24) is 20.8 Å². The average Bonchev–Trinajstić information content (AvgIpc) is 2.79. The van der Waals surface area contributed by atoms with Gasteiger partial charge in [0, 0.05) is 33.7 Å². The van der Waals surface area contributed by atoms with Gasteiger partial charge in [-0.3, -0.25) is 4.99 Å². The van der Waals surface area contributed by atoms with Gasteiger partial charge in [-0.15, -0.1) is 24.0 Å². The van der Waals surface area contributed by atoms with Crippen molar-refractivity contribution in [2.24, 2.45) is 4.99 Å². The second-order valence-electron chi connectivity index (χ2n) is 4.80. The maximum Gasteiger partial charge on any atom is 0.228 e. The highest BCUT2D eigenvalue weighted by Gasteiger charge is 2.16. The molecule has 0 aromatic carbocycles. The van der Waals surface area contributed by atoms with Crippen molar-refractivity contribution in [2.75, 3.05) is 27.2 Å². The van der Waals surface area contributed by atoms with Gasteiger partial charge in [-0.2, -0.15) is 4.98 Å². The molecule has 0 saturated carbocycles. The molecule has 0 unspecified atom stereocenters. The molecular weight excluding hydrogens is 373 g/mol. The SMILES string of the molecule is CN=C(NCCc1nc(C)no1)NCC(C)(C)OC.I. The summed E-state index contributed by atoms with van der Waals surface area (Å²) >= 11 is 0. The Kier molecular flexibility index (Phi) is 8.70. The minimum absolute atomic E-state index is 0. The Labute approximate surface area is 137 Å². The van der Waals surface area contributed by atoms with Crippen LogP contribution in [0.2, 0.25) is 0 Å². The Morgan fingerprint density at radius 1 is 1.40 bits per heavy atom. The first kappa shape index (κ1) is 19.1. The summed E-state index contributed by atoms with van der Waals surface area (Å²) in [6.45, 7) is 7.16. The van der Waals surface area contributed by atoms with E-state index >= 15 is 0 Å². The van der Waals surface area contributed by atoms with Crippen molar-refractivity contribution in [3.63, 3.8) is 0 Å². The summed E-state index contributed by atoms with van der Waals surface area (Å²) in [4.78, 5) is 8.27. The van der Waals surface area contributed by atoms with Gasteiger partial charge in [-0.05, 0) is 20.8 Å². The Bertz CT molecular complexity index is 420. The molecule has 0 radical (unpaired) electrons. The van der Waals surface area contributed by atoms with Crippen LogP contribution in [0.3, 0.4) is 0 Å². The van der Waals surface area contributed by atoms with E-state index in [0.717, 1.165) is 5.96 Å². The Hall–Kier alpha value is -0.900. The van der Waals surface area contributed by atoms with E-state index in [-0.39, 0.29) is 29.6 Å². The van der Waals surface area contributed by atoms with Gasteiger partial charge < -0.3 is 19.9 Å². The van der Waals surface area contributed by atoms with E-state index in [0.29, 0.717) is 31.2 Å². The fraction of sp³-hybridized carbons (Fsp3) is 0.750. The summed E-state index contributed by atoms with van der Waals surface area (Å²) in [5, 5.41) is 10.1. The first-order valence-corrected chi connectivity index (χ1v) is 6.25. The number of rotatable bonds is 6. The van der Waals surface area contributed by atoms with Gasteiger partial charge in [0.25, 0.3) is 0 Å². The molecule has 8 heteroatoms. The molecule has 0 amide bonds. The third kappa shape index (κ3) is 7.04. The molecule has 0 spiro atoms. The Morgan fingerprint density at radius 2 is 2.10 bits per heavy atom. The van der Waals surface area contributed by atoms with Crippen LogP contribution >= 0.6 is 24.0 Å². The van der Waals surface area contributed by atoms with E-state index < -0.39 is 0 Å². The van der Waals surface area contributed by atoms with E-state index in [4.69, 9.17) is 9.26 Å². The number of aliphatic imine (C=N–C) groups is 1. The van der Waals surface area contributed by atoms with Crippen molar-refractivity contribution in [1.29, 1.82) is 0 Å². The van der Waals surface area contributed by atoms with E-state index in [9.17, 15) is 0 Å². The summed E-state index contributed by atoms with van der Waals surface area (Å²) in [7, 11) is 3.42. The number of ether oxygens (including phenoxy) is 1. The summed E-state index contributed by atoms with van der Waals surface area (Å²) in [5.74, 6) is 2.00. The number of nitrogens with zero attached hydrogens (tertiary/aromatic N) is 3. The monoisotopic (exact) mass is 397 g/mol. The molecule has 0 fully saturated rings. The van der Waals surface area contributed by atoms with E-state index in [1.54, 1.807) is 21.1 Å². The van der Waals surface area contributed by atoms with Gasteiger partial charge in [-0.1, -0.05) is 5.16 Å². The summed E-state index contributed by atoms with van der Waals surface area (Å²) < 4.78 is 10.4. The number of hydrogen-bond donors (Lipinski definition) is 2. The van der Waals surface area contributed by atoms with Crippen LogP contribution < -0.4 is 10.6 Å². The standard InChI is InChI=1S/C12H23N5O2.HI/c1-9-16-10(19-17-9)6-7-14-11(13-4)15-8-12(2,3)18-5;/h6-8H2,1-5H3,(H2,13,14,15);1H. The number of halogens is 1. The van der Waals surface area contributed by atoms with Crippen LogP contribution in [0.5, 0.6) is 0 Å². The van der Waals surface area contributed by atoms with Crippen LogP contribution in [0.15, 0.2) is 9.52 Å². The molecule has 7 nitrogen and oxygen atoms in total. The van der Waals surface area contributed by atoms with Crippen LogP contribution in [0.4, 0.5) is 0 Å². The molecule has 116 valence electrons. The quantitative estimate of drug-likeness (QED) is 0.425. The average molecular weight is 397 g/mol. The molecule has 1 rings (SSSR count). The van der Waals surface area contributed by atoms with Gasteiger partial charge in [0.2, 0.25) is 5.89 Å². The lowest BCUT2D eigenvalue weighted by Gasteiger charge is -2.24. The molecule has 0 aliphatic carbocycles. The van der Waals surface area contributed by atoms with Gasteiger partial charge >= 0.3 is 0 Å². The largest absolute Gasteiger partial charge is 0.377 e. The summed E-state index contributed by atoms with van der Waals surface area (Å²) in [6.07, 6.45) is 0.662. The van der Waals surface area contributed by atoms with E-state index in [1.165, 1.54) is 0 Å². The molecule has 2 N–H and O–H groups in total. The van der Waals surface area contributed by atoms with Gasteiger partial charge in [0.05, 0.1) is 5.60 Å². The summed E-state index contributed by atoms with van der Waals surface area (Å²) in [5.41, 5.74) is -0.235. The van der Waals surface area contributed by atoms with Crippen molar-refractivity contribution >= 4 is 29.9 Å². The molecule has 20 heavy (non-hydrogen) atoms. The first-order valence-electron chi connectivity index (χ1n) is 6.25. The maximum absolute atomic E-state index is 5.33. The lowest BCUT2D eigenvalue weighted by atomic mass is 10.1. The number of methoxy groups -OCH3 is 1. The second kappa shape index (κ2) is 9.11. The predicted octanol–water partition coefficient (Wildman–Crippen LogP) is 1.13. The molecule has 1 aromatic heterocycles. The zero-order valence-corrected chi connectivity index (χ0v) is 15.0. The molecule has 0 aliphatic heterocycles. The first-order chi connectivity index (χ1) is 8.96. The van der Waals surface area contributed by atoms with E-state index in [1.807, 2.05) is 13.8 Å². The molecule has 0 aliphatic rings. The van der Waals surface area contributed by atoms with Gasteiger partial charge in [-0.25, -0.2) is 0 Å². The van der Waals surface area contributed by atoms with Crippen LogP contribution in [0.1, 0.15) is 25.6 Å². The highest BCUT2D eigenvalue weighted by atomic mass is 127. The lowest BCUT2D eigenvalue weighted by molar-refractivity contribution is 0.0268. The van der Waals surface area contributed by atoms with Crippen molar-refractivity contribution in [3.8, 4) is 0 Å². The number of nitrogens with one attached hydrogen (secondary N) is 2. The van der Waals surface area contributed by atoms with Crippen LogP contribution in [-0.4, -0.2) is 48.9 Å². The number of guanidine groups is 1.